The molecule has 0 bridgehead atoms. The smallest absolute Gasteiger partial charge is 0.137 e. The Balaban J connectivity index is 1.33. The number of hydrogen-bond donors (Lipinski definition) is 1. The minimum absolute atomic E-state index is 0.603. The van der Waals surface area contributed by atoms with Crippen LogP contribution in [0.25, 0.3) is 0 Å². The molecule has 1 unspecified atom stereocenters. The first-order chi connectivity index (χ1) is 10.4. The molecule has 1 aliphatic carbocycles. The minimum Gasteiger partial charge on any atom is -0.381 e. The molecule has 0 radical (unpaired) electrons. The Hall–Kier alpha value is -1.88. The van der Waals surface area contributed by atoms with E-state index in [1.807, 2.05) is 4.68 Å². The van der Waals surface area contributed by atoms with E-state index in [2.05, 4.69) is 44.6 Å². The number of nitrogens with one attached hydrogen (secondary N) is 1. The normalized spacial score (nSPS) is 22.6. The highest BCUT2D eigenvalue weighted by Gasteiger charge is 2.34. The Kier molecular flexibility index (Phi) is 3.35. The van der Waals surface area contributed by atoms with E-state index < -0.39 is 0 Å². The van der Waals surface area contributed by atoms with E-state index in [0.29, 0.717) is 6.04 Å². The molecule has 1 atom stereocenters. The van der Waals surface area contributed by atoms with Gasteiger partial charge in [0, 0.05) is 30.9 Å². The second-order valence-corrected chi connectivity index (χ2v) is 6.15. The van der Waals surface area contributed by atoms with Gasteiger partial charge in [-0.3, -0.25) is 4.90 Å². The van der Waals surface area contributed by atoms with Gasteiger partial charge in [-0.2, -0.15) is 5.10 Å². The van der Waals surface area contributed by atoms with Gasteiger partial charge in [-0.25, -0.2) is 9.67 Å². The summed E-state index contributed by atoms with van der Waals surface area (Å²) in [5, 5.41) is 7.80. The van der Waals surface area contributed by atoms with Crippen LogP contribution in [-0.2, 0) is 6.54 Å². The molecule has 5 heteroatoms. The molecule has 2 heterocycles. The number of anilines is 1. The number of nitrogens with zero attached hydrogens (tertiary/aromatic N) is 4. The van der Waals surface area contributed by atoms with Gasteiger partial charge in [0.15, 0.2) is 0 Å². The van der Waals surface area contributed by atoms with Gasteiger partial charge in [0.2, 0.25) is 0 Å². The maximum atomic E-state index is 4.13. The topological polar surface area (TPSA) is 46.0 Å². The Morgan fingerprint density at radius 1 is 1.14 bits per heavy atom. The lowest BCUT2D eigenvalue weighted by Crippen LogP contribution is -2.27. The fraction of sp³-hybridized carbons (Fsp3) is 0.500. The first kappa shape index (κ1) is 12.8. The lowest BCUT2D eigenvalue weighted by molar-refractivity contribution is 0.326. The van der Waals surface area contributed by atoms with Crippen LogP contribution in [0.5, 0.6) is 0 Å². The maximum absolute atomic E-state index is 4.13. The van der Waals surface area contributed by atoms with Gasteiger partial charge in [0.1, 0.15) is 12.7 Å². The number of benzene rings is 1. The summed E-state index contributed by atoms with van der Waals surface area (Å²) in [4.78, 5) is 6.60. The summed E-state index contributed by atoms with van der Waals surface area (Å²) < 4.78 is 1.84. The molecule has 2 aromatic rings. The lowest BCUT2D eigenvalue weighted by atomic mass is 10.2. The van der Waals surface area contributed by atoms with E-state index in [9.17, 15) is 0 Å². The fourth-order valence-corrected chi connectivity index (χ4v) is 3.12. The van der Waals surface area contributed by atoms with Gasteiger partial charge >= 0.3 is 0 Å². The van der Waals surface area contributed by atoms with Crippen molar-refractivity contribution in [1.29, 1.82) is 0 Å². The number of rotatable bonds is 5. The molecule has 2 fully saturated rings. The third kappa shape index (κ3) is 3.08. The molecular formula is C16H21N5. The molecule has 1 aliphatic heterocycles. The predicted octanol–water partition coefficient (Wildman–Crippen LogP) is 1.97. The molecule has 0 amide bonds. The quantitative estimate of drug-likeness (QED) is 0.911. The second-order valence-electron chi connectivity index (χ2n) is 6.15. The van der Waals surface area contributed by atoms with Crippen LogP contribution in [-0.4, -0.2) is 44.8 Å². The van der Waals surface area contributed by atoms with Crippen LogP contribution in [0.3, 0.4) is 0 Å². The highest BCUT2D eigenvalue weighted by Crippen LogP contribution is 2.30. The van der Waals surface area contributed by atoms with E-state index in [1.165, 1.54) is 43.6 Å². The number of hydrogen-bond acceptors (Lipinski definition) is 4. The molecular weight excluding hydrogens is 262 g/mol. The second kappa shape index (κ2) is 5.48. The molecule has 1 N–H and O–H groups in total. The van der Waals surface area contributed by atoms with E-state index >= 15 is 0 Å². The zero-order valence-corrected chi connectivity index (χ0v) is 12.2. The molecule has 21 heavy (non-hydrogen) atoms. The molecule has 1 saturated carbocycles. The highest BCUT2D eigenvalue weighted by atomic mass is 15.3. The first-order valence-electron chi connectivity index (χ1n) is 7.79. The van der Waals surface area contributed by atoms with Crippen molar-refractivity contribution in [2.45, 2.75) is 37.9 Å². The monoisotopic (exact) mass is 283 g/mol. The summed E-state index contributed by atoms with van der Waals surface area (Å²) in [6.45, 7) is 3.23. The molecule has 0 spiro atoms. The Morgan fingerprint density at radius 2 is 2.00 bits per heavy atom. The van der Waals surface area contributed by atoms with Gasteiger partial charge in [-0.15, -0.1) is 0 Å². The van der Waals surface area contributed by atoms with E-state index in [1.54, 1.807) is 12.7 Å². The zero-order valence-electron chi connectivity index (χ0n) is 12.2. The molecule has 1 aromatic carbocycles. The molecule has 1 aromatic heterocycles. The molecule has 5 nitrogen and oxygen atoms in total. The minimum atomic E-state index is 0.603. The first-order valence-corrected chi connectivity index (χ1v) is 7.79. The van der Waals surface area contributed by atoms with Gasteiger partial charge in [0.05, 0.1) is 6.54 Å². The number of aromatic nitrogens is 3. The van der Waals surface area contributed by atoms with Crippen LogP contribution >= 0.6 is 0 Å². The molecule has 1 saturated heterocycles. The van der Waals surface area contributed by atoms with Crippen LogP contribution in [0, 0.1) is 0 Å². The Morgan fingerprint density at radius 3 is 2.71 bits per heavy atom. The van der Waals surface area contributed by atoms with Crippen molar-refractivity contribution in [3.8, 4) is 0 Å². The number of likely N-dealkylation sites (tertiary alicyclic amines) is 1. The summed E-state index contributed by atoms with van der Waals surface area (Å²) >= 11 is 0. The Bertz CT molecular complexity index is 573. The Labute approximate surface area is 125 Å². The van der Waals surface area contributed by atoms with Gasteiger partial charge in [-0.1, -0.05) is 12.1 Å². The van der Waals surface area contributed by atoms with Gasteiger partial charge in [0.25, 0.3) is 0 Å². The summed E-state index contributed by atoms with van der Waals surface area (Å²) in [6.07, 6.45) is 7.39. The fourth-order valence-electron chi connectivity index (χ4n) is 3.12. The van der Waals surface area contributed by atoms with Crippen LogP contribution in [0.15, 0.2) is 36.9 Å². The third-order valence-corrected chi connectivity index (χ3v) is 4.42. The maximum Gasteiger partial charge on any atom is 0.137 e. The van der Waals surface area contributed by atoms with Crippen molar-refractivity contribution in [1.82, 2.24) is 19.7 Å². The van der Waals surface area contributed by atoms with Crippen LogP contribution < -0.4 is 5.32 Å². The standard InChI is InChI=1S/C16H21N5/c1-3-14(4-2-13(1)9-21-12-17-11-18-21)19-15-7-8-20(10-15)16-5-6-16/h1-4,11-12,15-16,19H,5-10H2. The zero-order chi connectivity index (χ0) is 14.1. The summed E-state index contributed by atoms with van der Waals surface area (Å²) in [6, 6.07) is 10.2. The summed E-state index contributed by atoms with van der Waals surface area (Å²) in [5.41, 5.74) is 2.47. The van der Waals surface area contributed by atoms with Crippen molar-refractivity contribution in [2.24, 2.45) is 0 Å². The van der Waals surface area contributed by atoms with Crippen molar-refractivity contribution in [3.63, 3.8) is 0 Å². The lowest BCUT2D eigenvalue weighted by Gasteiger charge is -2.17. The highest BCUT2D eigenvalue weighted by molar-refractivity contribution is 5.45. The predicted molar refractivity (Wildman–Crippen MR) is 82.2 cm³/mol. The van der Waals surface area contributed by atoms with Crippen molar-refractivity contribution in [2.75, 3.05) is 18.4 Å². The molecule has 2 aliphatic rings. The largest absolute Gasteiger partial charge is 0.381 e. The summed E-state index contributed by atoms with van der Waals surface area (Å²) in [5.74, 6) is 0. The van der Waals surface area contributed by atoms with Crippen LogP contribution in [0.1, 0.15) is 24.8 Å². The molecule has 110 valence electrons. The van der Waals surface area contributed by atoms with Crippen LogP contribution in [0.4, 0.5) is 5.69 Å². The molecule has 4 rings (SSSR count). The summed E-state index contributed by atoms with van der Waals surface area (Å²) in [7, 11) is 0. The van der Waals surface area contributed by atoms with E-state index in [-0.39, 0.29) is 0 Å². The third-order valence-electron chi connectivity index (χ3n) is 4.42. The van der Waals surface area contributed by atoms with Crippen molar-refractivity contribution >= 4 is 5.69 Å². The van der Waals surface area contributed by atoms with Crippen molar-refractivity contribution in [3.05, 3.63) is 42.5 Å². The van der Waals surface area contributed by atoms with E-state index in [0.717, 1.165) is 12.6 Å². The van der Waals surface area contributed by atoms with Gasteiger partial charge in [-0.05, 0) is 37.0 Å². The van der Waals surface area contributed by atoms with Crippen LogP contribution in [0.2, 0.25) is 0 Å². The average Bonchev–Trinajstić information content (AvgIpc) is 3.03. The van der Waals surface area contributed by atoms with Gasteiger partial charge < -0.3 is 5.32 Å². The average molecular weight is 283 g/mol. The van der Waals surface area contributed by atoms with Crippen molar-refractivity contribution < 1.29 is 0 Å². The SMILES string of the molecule is c1ncn(Cc2ccc(NC3CCN(C4CC4)C3)cc2)n1. The van der Waals surface area contributed by atoms with E-state index in [4.69, 9.17) is 0 Å².